The zero-order chi connectivity index (χ0) is 17.3. The SMILES string of the molecule is NCCCCc1c(-c2cccc(Cl)c2Cl)[nH]c2c(Br)cc(Cl)cc12. The van der Waals surface area contributed by atoms with Crippen molar-refractivity contribution < 1.29 is 0 Å². The first kappa shape index (κ1) is 18.1. The number of nitrogens with two attached hydrogens (primary N) is 1. The van der Waals surface area contributed by atoms with Crippen LogP contribution >= 0.6 is 50.7 Å². The molecule has 1 aromatic heterocycles. The van der Waals surface area contributed by atoms with Crippen LogP contribution in [0.1, 0.15) is 18.4 Å². The minimum atomic E-state index is 0.540. The van der Waals surface area contributed by atoms with Crippen LogP contribution in [0, 0.1) is 0 Å². The molecule has 0 radical (unpaired) electrons. The number of aromatic amines is 1. The van der Waals surface area contributed by atoms with E-state index in [0.717, 1.165) is 45.9 Å². The van der Waals surface area contributed by atoms with Crippen LogP contribution in [0.15, 0.2) is 34.8 Å². The van der Waals surface area contributed by atoms with Gasteiger partial charge in [-0.1, -0.05) is 46.9 Å². The van der Waals surface area contributed by atoms with Crippen molar-refractivity contribution in [2.45, 2.75) is 19.3 Å². The fraction of sp³-hybridized carbons (Fsp3) is 0.222. The molecule has 0 unspecified atom stereocenters. The number of rotatable bonds is 5. The Hall–Kier alpha value is -0.710. The number of benzene rings is 2. The van der Waals surface area contributed by atoms with Gasteiger partial charge in [-0.25, -0.2) is 0 Å². The fourth-order valence-electron chi connectivity index (χ4n) is 2.91. The van der Waals surface area contributed by atoms with Gasteiger partial charge in [-0.3, -0.25) is 0 Å². The zero-order valence-corrected chi connectivity index (χ0v) is 16.7. The van der Waals surface area contributed by atoms with Gasteiger partial charge in [0.15, 0.2) is 0 Å². The van der Waals surface area contributed by atoms with Crippen LogP contribution < -0.4 is 5.73 Å². The van der Waals surface area contributed by atoms with Crippen LogP contribution in [0.2, 0.25) is 15.1 Å². The molecule has 0 aliphatic heterocycles. The van der Waals surface area contributed by atoms with Crippen LogP contribution in [0.3, 0.4) is 0 Å². The molecule has 0 aliphatic carbocycles. The van der Waals surface area contributed by atoms with Crippen molar-refractivity contribution >= 4 is 61.6 Å². The number of H-pyrrole nitrogens is 1. The molecule has 0 saturated heterocycles. The van der Waals surface area contributed by atoms with Gasteiger partial charge in [0.25, 0.3) is 0 Å². The quantitative estimate of drug-likeness (QED) is 0.414. The van der Waals surface area contributed by atoms with Gasteiger partial charge in [0.05, 0.1) is 21.3 Å². The number of halogens is 4. The Morgan fingerprint density at radius 3 is 2.62 bits per heavy atom. The van der Waals surface area contributed by atoms with E-state index in [0.29, 0.717) is 21.6 Å². The van der Waals surface area contributed by atoms with E-state index in [9.17, 15) is 0 Å². The first-order valence-corrected chi connectivity index (χ1v) is 9.59. The Morgan fingerprint density at radius 1 is 1.08 bits per heavy atom. The third-order valence-electron chi connectivity index (χ3n) is 4.03. The van der Waals surface area contributed by atoms with E-state index in [1.54, 1.807) is 6.07 Å². The topological polar surface area (TPSA) is 41.8 Å². The van der Waals surface area contributed by atoms with Gasteiger partial charge in [-0.2, -0.15) is 0 Å². The number of fused-ring (bicyclic) bond motifs is 1. The lowest BCUT2D eigenvalue weighted by atomic mass is 10.0. The Bertz CT molecular complexity index is 890. The van der Waals surface area contributed by atoms with Gasteiger partial charge in [0, 0.05) is 20.4 Å². The average Bonchev–Trinajstić information content (AvgIpc) is 2.89. The number of hydrogen-bond acceptors (Lipinski definition) is 1. The summed E-state index contributed by atoms with van der Waals surface area (Å²) in [5.41, 5.74) is 9.72. The van der Waals surface area contributed by atoms with Gasteiger partial charge < -0.3 is 10.7 Å². The highest BCUT2D eigenvalue weighted by Gasteiger charge is 2.18. The van der Waals surface area contributed by atoms with Crippen molar-refractivity contribution in [3.63, 3.8) is 0 Å². The summed E-state index contributed by atoms with van der Waals surface area (Å²) in [4.78, 5) is 3.49. The van der Waals surface area contributed by atoms with E-state index in [1.165, 1.54) is 5.56 Å². The largest absolute Gasteiger partial charge is 0.353 e. The molecule has 0 bridgehead atoms. The second-order valence-corrected chi connectivity index (χ2v) is 7.71. The number of nitrogens with one attached hydrogen (secondary N) is 1. The van der Waals surface area contributed by atoms with Crippen LogP contribution in [0.5, 0.6) is 0 Å². The summed E-state index contributed by atoms with van der Waals surface area (Å²) in [6, 6.07) is 9.53. The number of hydrogen-bond donors (Lipinski definition) is 2. The lowest BCUT2D eigenvalue weighted by Gasteiger charge is -2.08. The molecule has 0 fully saturated rings. The molecule has 126 valence electrons. The Morgan fingerprint density at radius 2 is 1.88 bits per heavy atom. The van der Waals surface area contributed by atoms with E-state index in [1.807, 2.05) is 24.3 Å². The molecule has 6 heteroatoms. The molecule has 0 spiro atoms. The van der Waals surface area contributed by atoms with Crippen molar-refractivity contribution in [3.05, 3.63) is 55.4 Å². The van der Waals surface area contributed by atoms with Gasteiger partial charge >= 0.3 is 0 Å². The summed E-state index contributed by atoms with van der Waals surface area (Å²) in [5.74, 6) is 0. The maximum absolute atomic E-state index is 6.45. The third-order valence-corrected chi connectivity index (χ3v) is 5.70. The van der Waals surface area contributed by atoms with E-state index in [-0.39, 0.29) is 0 Å². The van der Waals surface area contributed by atoms with Crippen LogP contribution in [-0.4, -0.2) is 11.5 Å². The minimum absolute atomic E-state index is 0.540. The second-order valence-electron chi connectivity index (χ2n) is 5.64. The Kier molecular flexibility index (Phi) is 5.78. The standard InChI is InChI=1S/C18H16BrCl3N2/c19-14-9-10(20)8-13-11(4-1-2-7-23)17(24-18(13)14)12-5-3-6-15(21)16(12)22/h3,5-6,8-9,24H,1-2,4,7,23H2. The maximum atomic E-state index is 6.45. The van der Waals surface area contributed by atoms with Crippen molar-refractivity contribution in [2.24, 2.45) is 5.73 Å². The molecule has 1 heterocycles. The van der Waals surface area contributed by atoms with E-state index in [4.69, 9.17) is 40.5 Å². The summed E-state index contributed by atoms with van der Waals surface area (Å²) in [6.07, 6.45) is 2.86. The highest BCUT2D eigenvalue weighted by Crippen LogP contribution is 2.40. The van der Waals surface area contributed by atoms with E-state index in [2.05, 4.69) is 20.9 Å². The highest BCUT2D eigenvalue weighted by molar-refractivity contribution is 9.10. The van der Waals surface area contributed by atoms with Gasteiger partial charge in [-0.05, 0) is 65.5 Å². The van der Waals surface area contributed by atoms with E-state index >= 15 is 0 Å². The molecule has 3 rings (SSSR count). The average molecular weight is 447 g/mol. The van der Waals surface area contributed by atoms with Crippen molar-refractivity contribution in [3.8, 4) is 11.3 Å². The number of aryl methyl sites for hydroxylation is 1. The number of unbranched alkanes of at least 4 members (excludes halogenated alkanes) is 1. The zero-order valence-electron chi connectivity index (χ0n) is 12.8. The molecular weight excluding hydrogens is 430 g/mol. The van der Waals surface area contributed by atoms with Crippen molar-refractivity contribution in [2.75, 3.05) is 6.54 Å². The minimum Gasteiger partial charge on any atom is -0.353 e. The molecule has 2 aromatic carbocycles. The molecule has 3 aromatic rings. The van der Waals surface area contributed by atoms with Crippen LogP contribution in [0.25, 0.3) is 22.2 Å². The second kappa shape index (κ2) is 7.67. The number of aromatic nitrogens is 1. The molecule has 3 N–H and O–H groups in total. The lowest BCUT2D eigenvalue weighted by Crippen LogP contribution is -1.99. The van der Waals surface area contributed by atoms with Crippen molar-refractivity contribution in [1.82, 2.24) is 4.98 Å². The van der Waals surface area contributed by atoms with E-state index < -0.39 is 0 Å². The maximum Gasteiger partial charge on any atom is 0.0685 e. The first-order chi connectivity index (χ1) is 11.5. The fourth-order valence-corrected chi connectivity index (χ4v) is 4.21. The normalized spacial score (nSPS) is 11.4. The molecule has 0 saturated carbocycles. The predicted octanol–water partition coefficient (Wildman–Crippen LogP) is 6.84. The summed E-state index contributed by atoms with van der Waals surface area (Å²) >= 11 is 22.5. The monoisotopic (exact) mass is 444 g/mol. The van der Waals surface area contributed by atoms with Crippen LogP contribution in [0.4, 0.5) is 0 Å². The first-order valence-electron chi connectivity index (χ1n) is 7.67. The predicted molar refractivity (Wildman–Crippen MR) is 108 cm³/mol. The molecular formula is C18H16BrCl3N2. The Labute approximate surface area is 164 Å². The molecule has 0 aliphatic rings. The Balaban J connectivity index is 2.24. The summed E-state index contributed by atoms with van der Waals surface area (Å²) in [6.45, 7) is 0.681. The third kappa shape index (κ3) is 3.47. The van der Waals surface area contributed by atoms with Gasteiger partial charge in [0.2, 0.25) is 0 Å². The highest BCUT2D eigenvalue weighted by atomic mass is 79.9. The van der Waals surface area contributed by atoms with Gasteiger partial charge in [-0.15, -0.1) is 0 Å². The summed E-state index contributed by atoms with van der Waals surface area (Å²) in [5, 5.41) is 2.88. The molecule has 2 nitrogen and oxygen atoms in total. The van der Waals surface area contributed by atoms with Gasteiger partial charge in [0.1, 0.15) is 0 Å². The lowest BCUT2D eigenvalue weighted by molar-refractivity contribution is 0.748. The molecule has 0 amide bonds. The molecule has 24 heavy (non-hydrogen) atoms. The summed E-state index contributed by atoms with van der Waals surface area (Å²) < 4.78 is 0.925. The smallest absolute Gasteiger partial charge is 0.0685 e. The van der Waals surface area contributed by atoms with Crippen LogP contribution in [-0.2, 0) is 6.42 Å². The summed E-state index contributed by atoms with van der Waals surface area (Å²) in [7, 11) is 0. The molecule has 0 atom stereocenters. The van der Waals surface area contributed by atoms with Crippen molar-refractivity contribution in [1.29, 1.82) is 0 Å².